The average molecular weight is 438 g/mol. The summed E-state index contributed by atoms with van der Waals surface area (Å²) >= 11 is 0. The molecule has 0 aliphatic carbocycles. The molecule has 3 aromatic rings. The van der Waals surface area contributed by atoms with Crippen LogP contribution in [0.15, 0.2) is 64.5 Å². The van der Waals surface area contributed by atoms with E-state index < -0.39 is 10.0 Å². The summed E-state index contributed by atoms with van der Waals surface area (Å²) in [7, 11) is -3.57. The lowest BCUT2D eigenvalue weighted by molar-refractivity contribution is -0.121. The van der Waals surface area contributed by atoms with Crippen molar-refractivity contribution in [2.75, 3.05) is 6.54 Å². The Kier molecular flexibility index (Phi) is 5.60. The fourth-order valence-electron chi connectivity index (χ4n) is 3.55. The van der Waals surface area contributed by atoms with Crippen LogP contribution in [0, 0.1) is 13.8 Å². The number of hydrogen-bond acceptors (Lipinski definition) is 5. The minimum atomic E-state index is -3.57. The van der Waals surface area contributed by atoms with Gasteiger partial charge in [-0.15, -0.1) is 0 Å². The van der Waals surface area contributed by atoms with E-state index in [9.17, 15) is 13.2 Å². The van der Waals surface area contributed by atoms with E-state index in [0.29, 0.717) is 12.1 Å². The number of para-hydroxylation sites is 1. The number of aliphatic imine (C=N–C) groups is 1. The zero-order valence-electron chi connectivity index (χ0n) is 17.3. The number of fused-ring (bicyclic) bond motifs is 1. The number of nitrogens with zero attached hydrogens (tertiary/aromatic N) is 3. The maximum Gasteiger partial charge on any atom is 0.263 e. The van der Waals surface area contributed by atoms with Gasteiger partial charge in [0.25, 0.3) is 10.0 Å². The number of aromatic nitrogens is 2. The first-order chi connectivity index (χ1) is 14.9. The summed E-state index contributed by atoms with van der Waals surface area (Å²) < 4.78 is 28.5. The molecule has 160 valence electrons. The predicted molar refractivity (Wildman–Crippen MR) is 118 cm³/mol. The van der Waals surface area contributed by atoms with Gasteiger partial charge in [0.1, 0.15) is 5.84 Å². The van der Waals surface area contributed by atoms with Gasteiger partial charge < -0.3 is 5.32 Å². The summed E-state index contributed by atoms with van der Waals surface area (Å²) in [5.74, 6) is 0.115. The maximum absolute atomic E-state index is 12.3. The molecule has 0 saturated carbocycles. The van der Waals surface area contributed by atoms with E-state index in [4.69, 9.17) is 0 Å². The smallest absolute Gasteiger partial charge is 0.263 e. The van der Waals surface area contributed by atoms with Gasteiger partial charge in [0, 0.05) is 29.8 Å². The van der Waals surface area contributed by atoms with Crippen LogP contribution in [-0.4, -0.2) is 36.5 Å². The van der Waals surface area contributed by atoms with Crippen molar-refractivity contribution in [1.29, 1.82) is 0 Å². The summed E-state index contributed by atoms with van der Waals surface area (Å²) in [6, 6.07) is 16.5. The first-order valence-electron chi connectivity index (χ1n) is 9.91. The highest BCUT2D eigenvalue weighted by atomic mass is 32.2. The van der Waals surface area contributed by atoms with Crippen LogP contribution in [0.25, 0.3) is 5.69 Å². The van der Waals surface area contributed by atoms with Gasteiger partial charge in [-0.05, 0) is 38.1 Å². The number of aryl methyl sites for hydroxylation is 1. The number of amidine groups is 1. The molecule has 0 saturated heterocycles. The Morgan fingerprint density at radius 1 is 1.10 bits per heavy atom. The van der Waals surface area contributed by atoms with Gasteiger partial charge in [0.2, 0.25) is 5.91 Å². The van der Waals surface area contributed by atoms with Crippen molar-refractivity contribution in [2.24, 2.45) is 4.99 Å². The molecule has 1 amide bonds. The molecule has 9 heteroatoms. The normalized spacial score (nSPS) is 15.5. The van der Waals surface area contributed by atoms with E-state index >= 15 is 0 Å². The van der Waals surface area contributed by atoms with Crippen LogP contribution in [0.3, 0.4) is 0 Å². The Morgan fingerprint density at radius 2 is 1.81 bits per heavy atom. The van der Waals surface area contributed by atoms with Crippen molar-refractivity contribution in [2.45, 2.75) is 31.7 Å². The first kappa shape index (κ1) is 20.8. The number of carbonyl (C=O) groups excluding carboxylic acids is 1. The Labute approximate surface area is 181 Å². The molecular formula is C22H23N5O3S. The Hall–Kier alpha value is -3.46. The SMILES string of the molecule is Cc1nn(-c2ccccc2)c(C)c1CNC(=O)CCN=C1NS(=O)(=O)c2ccccc21. The van der Waals surface area contributed by atoms with Crippen molar-refractivity contribution < 1.29 is 13.2 Å². The molecule has 2 heterocycles. The van der Waals surface area contributed by atoms with Gasteiger partial charge in [0.05, 0.1) is 22.8 Å². The van der Waals surface area contributed by atoms with Gasteiger partial charge >= 0.3 is 0 Å². The van der Waals surface area contributed by atoms with Crippen LogP contribution in [-0.2, 0) is 21.4 Å². The standard InChI is InChI=1S/C22H23N5O3S/c1-15-19(16(2)27(25-15)17-8-4-3-5-9-17)14-24-21(28)12-13-23-22-18-10-6-7-11-20(18)31(29,30)26-22/h3-11H,12-14H2,1-2H3,(H,23,26)(H,24,28). The molecule has 1 aliphatic rings. The molecule has 0 spiro atoms. The van der Waals surface area contributed by atoms with Crippen molar-refractivity contribution >= 4 is 21.8 Å². The minimum Gasteiger partial charge on any atom is -0.352 e. The monoisotopic (exact) mass is 437 g/mol. The van der Waals surface area contributed by atoms with E-state index in [1.54, 1.807) is 18.2 Å². The number of hydrogen-bond donors (Lipinski definition) is 2. The lowest BCUT2D eigenvalue weighted by Gasteiger charge is -2.07. The highest BCUT2D eigenvalue weighted by molar-refractivity contribution is 7.90. The topological polar surface area (TPSA) is 105 Å². The minimum absolute atomic E-state index is 0.151. The Morgan fingerprint density at radius 3 is 2.58 bits per heavy atom. The fraction of sp³-hybridized carbons (Fsp3) is 0.227. The lowest BCUT2D eigenvalue weighted by Crippen LogP contribution is -2.25. The largest absolute Gasteiger partial charge is 0.352 e. The molecule has 1 aromatic heterocycles. The number of rotatable bonds is 6. The zero-order chi connectivity index (χ0) is 22.0. The Balaban J connectivity index is 1.37. The van der Waals surface area contributed by atoms with E-state index in [2.05, 4.69) is 20.1 Å². The Bertz CT molecular complexity index is 1260. The molecule has 0 unspecified atom stereocenters. The molecule has 4 rings (SSSR count). The third kappa shape index (κ3) is 4.22. The second kappa shape index (κ2) is 8.35. The third-order valence-electron chi connectivity index (χ3n) is 5.18. The van der Waals surface area contributed by atoms with Gasteiger partial charge in [-0.2, -0.15) is 5.10 Å². The summed E-state index contributed by atoms with van der Waals surface area (Å²) in [6.07, 6.45) is 0.151. The molecule has 2 aromatic carbocycles. The molecule has 0 bridgehead atoms. The zero-order valence-corrected chi connectivity index (χ0v) is 18.1. The van der Waals surface area contributed by atoms with Gasteiger partial charge in [-0.25, -0.2) is 13.1 Å². The number of nitrogens with one attached hydrogen (secondary N) is 2. The number of benzene rings is 2. The van der Waals surface area contributed by atoms with Crippen molar-refractivity contribution in [1.82, 2.24) is 19.8 Å². The molecule has 0 radical (unpaired) electrons. The van der Waals surface area contributed by atoms with Crippen molar-refractivity contribution in [3.63, 3.8) is 0 Å². The van der Waals surface area contributed by atoms with Gasteiger partial charge in [-0.3, -0.25) is 14.5 Å². The maximum atomic E-state index is 12.3. The second-order valence-electron chi connectivity index (χ2n) is 7.26. The number of carbonyl (C=O) groups is 1. The van der Waals surface area contributed by atoms with Crippen molar-refractivity contribution in [3.8, 4) is 5.69 Å². The summed E-state index contributed by atoms with van der Waals surface area (Å²) in [5, 5.41) is 7.49. The van der Waals surface area contributed by atoms with E-state index in [1.165, 1.54) is 6.07 Å². The summed E-state index contributed by atoms with van der Waals surface area (Å²) in [6.45, 7) is 4.45. The molecular weight excluding hydrogens is 414 g/mol. The highest BCUT2D eigenvalue weighted by Crippen LogP contribution is 2.22. The van der Waals surface area contributed by atoms with Gasteiger partial charge in [-0.1, -0.05) is 30.3 Å². The van der Waals surface area contributed by atoms with Gasteiger partial charge in [0.15, 0.2) is 0 Å². The molecule has 31 heavy (non-hydrogen) atoms. The molecule has 1 aliphatic heterocycles. The fourth-order valence-corrected chi connectivity index (χ4v) is 4.80. The van der Waals surface area contributed by atoms with Crippen LogP contribution in [0.4, 0.5) is 0 Å². The summed E-state index contributed by atoms with van der Waals surface area (Å²) in [5.41, 5.74) is 4.30. The van der Waals surface area contributed by atoms with E-state index in [-0.39, 0.29) is 29.6 Å². The predicted octanol–water partition coefficient (Wildman–Crippen LogP) is 2.23. The summed E-state index contributed by atoms with van der Waals surface area (Å²) in [4.78, 5) is 16.8. The van der Waals surface area contributed by atoms with Crippen molar-refractivity contribution in [3.05, 3.63) is 77.1 Å². The van der Waals surface area contributed by atoms with Crippen LogP contribution in [0.5, 0.6) is 0 Å². The van der Waals surface area contributed by atoms with Crippen LogP contribution in [0.1, 0.15) is 28.9 Å². The molecule has 2 N–H and O–H groups in total. The molecule has 0 fully saturated rings. The van der Waals surface area contributed by atoms with E-state index in [0.717, 1.165) is 22.6 Å². The molecule has 0 atom stereocenters. The molecule has 8 nitrogen and oxygen atoms in total. The van der Waals surface area contributed by atoms with Crippen LogP contribution >= 0.6 is 0 Å². The average Bonchev–Trinajstić information content (AvgIpc) is 3.19. The van der Waals surface area contributed by atoms with Crippen LogP contribution in [0.2, 0.25) is 0 Å². The quantitative estimate of drug-likeness (QED) is 0.617. The number of sulfonamides is 1. The highest BCUT2D eigenvalue weighted by Gasteiger charge is 2.29. The first-order valence-corrected chi connectivity index (χ1v) is 11.4. The lowest BCUT2D eigenvalue weighted by atomic mass is 10.2. The number of amides is 1. The van der Waals surface area contributed by atoms with E-state index in [1.807, 2.05) is 48.9 Å². The third-order valence-corrected chi connectivity index (χ3v) is 6.57. The second-order valence-corrected chi connectivity index (χ2v) is 8.91. The van der Waals surface area contributed by atoms with Crippen LogP contribution < -0.4 is 10.0 Å².